The first kappa shape index (κ1) is 21.9. The zero-order valence-corrected chi connectivity index (χ0v) is 11.3. The Morgan fingerprint density at radius 3 is 0.909 bits per heavy atom. The van der Waals surface area contributed by atoms with Gasteiger partial charge in [-0.2, -0.15) is 0 Å². The van der Waals surface area contributed by atoms with Crippen LogP contribution in [0.2, 0.25) is 0 Å². The van der Waals surface area contributed by atoms with Crippen molar-refractivity contribution in [2.45, 2.75) is 0 Å². The van der Waals surface area contributed by atoms with Crippen molar-refractivity contribution in [1.29, 1.82) is 0 Å². The van der Waals surface area contributed by atoms with Crippen LogP contribution in [0.5, 0.6) is 0 Å². The van der Waals surface area contributed by atoms with Crippen LogP contribution in [0.4, 0.5) is 9.15 Å². The molecule has 0 fully saturated rings. The Balaban J connectivity index is 0. The quantitative estimate of drug-likeness (QED) is 0.362. The maximum atomic E-state index is 10.6. The molecule has 0 aliphatic carbocycles. The van der Waals surface area contributed by atoms with Gasteiger partial charge in [0.1, 0.15) is 0 Å². The molecule has 0 heterocycles. The van der Waals surface area contributed by atoms with Gasteiger partial charge in [0.05, 0.1) is 26.2 Å². The molecule has 22 heavy (non-hydrogen) atoms. The highest BCUT2D eigenvalue weighted by Gasteiger charge is 2.17. The molecular weight excluding hydrogens is 314 g/mol. The largest absolute Gasteiger partial charge is 0.480 e. The minimum atomic E-state index is -1.23. The molecule has 0 atom stereocenters. The summed E-state index contributed by atoms with van der Waals surface area (Å²) in [5.41, 5.74) is 0. The van der Waals surface area contributed by atoms with Gasteiger partial charge in [0, 0.05) is 22.2 Å². The van der Waals surface area contributed by atoms with E-state index in [0.717, 1.165) is 9.80 Å². The third-order valence-corrected chi connectivity index (χ3v) is 2.17. The van der Waals surface area contributed by atoms with Crippen LogP contribution >= 0.6 is 0 Å². The number of rotatable bonds is 11. The molecule has 0 spiro atoms. The van der Waals surface area contributed by atoms with E-state index in [1.54, 1.807) is 0 Å². The molecule has 0 aromatic carbocycles. The Labute approximate surface area is 123 Å². The van der Waals surface area contributed by atoms with E-state index < -0.39 is 50.1 Å². The molecule has 0 saturated carbocycles. The second-order valence-corrected chi connectivity index (χ2v) is 4.00. The standard InChI is InChI=1S/C10H16N2O8.F2/c13-7(14)3-11(4-8(15)16)1-2-12(5-9(17)18)6-10(19)20;1-2/h1-6H2,(H,13,14)(H,15,16)(H,17,18)(H,19,20);. The van der Waals surface area contributed by atoms with Crippen LogP contribution in [0, 0.1) is 0 Å². The normalized spacial score (nSPS) is 10.0. The maximum Gasteiger partial charge on any atom is 0.317 e. The minimum absolute atomic E-state index is 0.0703. The first-order chi connectivity index (χ1) is 10.2. The van der Waals surface area contributed by atoms with E-state index >= 15 is 0 Å². The second kappa shape index (κ2) is 12.4. The lowest BCUT2D eigenvalue weighted by molar-refractivity contribution is -0.145. The number of halogens is 2. The number of carboxylic acid groups (broad SMARTS) is 4. The highest BCUT2D eigenvalue weighted by Crippen LogP contribution is 1.94. The van der Waals surface area contributed by atoms with Crippen LogP contribution in [0.3, 0.4) is 0 Å². The van der Waals surface area contributed by atoms with Crippen LogP contribution < -0.4 is 0 Å². The summed E-state index contributed by atoms with van der Waals surface area (Å²) in [6, 6.07) is 0. The Bertz CT molecular complexity index is 325. The van der Waals surface area contributed by atoms with E-state index in [1.165, 1.54) is 0 Å². The zero-order valence-electron chi connectivity index (χ0n) is 11.3. The predicted molar refractivity (Wildman–Crippen MR) is 65.6 cm³/mol. The fourth-order valence-corrected chi connectivity index (χ4v) is 1.48. The molecule has 128 valence electrons. The van der Waals surface area contributed by atoms with Gasteiger partial charge in [0.25, 0.3) is 0 Å². The van der Waals surface area contributed by atoms with Crippen molar-refractivity contribution in [2.24, 2.45) is 0 Å². The summed E-state index contributed by atoms with van der Waals surface area (Å²) in [6.07, 6.45) is 0. The van der Waals surface area contributed by atoms with Crippen LogP contribution in [0.25, 0.3) is 0 Å². The minimum Gasteiger partial charge on any atom is -0.480 e. The maximum absolute atomic E-state index is 10.6. The fraction of sp³-hybridized carbons (Fsp3) is 0.600. The fourth-order valence-electron chi connectivity index (χ4n) is 1.48. The van der Waals surface area contributed by atoms with Gasteiger partial charge in [-0.05, 0) is 0 Å². The van der Waals surface area contributed by atoms with Gasteiger partial charge >= 0.3 is 23.9 Å². The number of nitrogens with zero attached hydrogens (tertiary/aromatic N) is 2. The van der Waals surface area contributed by atoms with Gasteiger partial charge in [0.2, 0.25) is 0 Å². The van der Waals surface area contributed by atoms with Crippen LogP contribution in [-0.2, 0) is 19.2 Å². The average molecular weight is 330 g/mol. The average Bonchev–Trinajstić information content (AvgIpc) is 2.35. The second-order valence-electron chi connectivity index (χ2n) is 4.00. The number of carbonyl (C=O) groups is 4. The van der Waals surface area contributed by atoms with E-state index in [-0.39, 0.29) is 13.1 Å². The van der Waals surface area contributed by atoms with Crippen molar-refractivity contribution in [3.05, 3.63) is 0 Å². The SMILES string of the molecule is FF.O=C(O)CN(CCN(CC(=O)O)CC(=O)O)CC(=O)O. The van der Waals surface area contributed by atoms with E-state index in [1.807, 2.05) is 0 Å². The van der Waals surface area contributed by atoms with Crippen molar-refractivity contribution in [1.82, 2.24) is 9.80 Å². The van der Waals surface area contributed by atoms with Gasteiger partial charge in [-0.3, -0.25) is 29.0 Å². The first-order valence-electron chi connectivity index (χ1n) is 5.67. The van der Waals surface area contributed by atoms with Crippen molar-refractivity contribution in [3.63, 3.8) is 0 Å². The number of aliphatic carboxylic acids is 4. The van der Waals surface area contributed by atoms with Gasteiger partial charge < -0.3 is 20.4 Å². The molecule has 0 unspecified atom stereocenters. The van der Waals surface area contributed by atoms with E-state index in [4.69, 9.17) is 29.6 Å². The summed E-state index contributed by atoms with van der Waals surface area (Å²) in [5.74, 6) is -4.91. The highest BCUT2D eigenvalue weighted by molar-refractivity contribution is 5.73. The van der Waals surface area contributed by atoms with Crippen LogP contribution in [-0.4, -0.2) is 93.4 Å². The third-order valence-electron chi connectivity index (χ3n) is 2.17. The summed E-state index contributed by atoms with van der Waals surface area (Å²) in [4.78, 5) is 44.4. The molecule has 4 N–H and O–H groups in total. The molecule has 0 saturated heterocycles. The Morgan fingerprint density at radius 1 is 0.591 bits per heavy atom. The third kappa shape index (κ3) is 14.1. The van der Waals surface area contributed by atoms with Crippen molar-refractivity contribution in [3.8, 4) is 0 Å². The lowest BCUT2D eigenvalue weighted by Crippen LogP contribution is -2.43. The first-order valence-corrected chi connectivity index (χ1v) is 5.67. The molecule has 0 aromatic heterocycles. The van der Waals surface area contributed by atoms with Crippen molar-refractivity contribution < 1.29 is 48.8 Å². The predicted octanol–water partition coefficient (Wildman–Crippen LogP) is -1.23. The summed E-state index contributed by atoms with van der Waals surface area (Å²) >= 11 is 0. The Morgan fingerprint density at radius 2 is 0.773 bits per heavy atom. The number of hydrogen-bond acceptors (Lipinski definition) is 6. The van der Waals surface area contributed by atoms with Crippen LogP contribution in [0.15, 0.2) is 0 Å². The number of carboxylic acids is 4. The molecule has 12 heteroatoms. The zero-order chi connectivity index (χ0) is 17.7. The summed E-state index contributed by atoms with van der Waals surface area (Å²) in [7, 11) is 0. The molecule has 0 rings (SSSR count). The molecule has 0 radical (unpaired) electrons. The van der Waals surface area contributed by atoms with Crippen molar-refractivity contribution in [2.75, 3.05) is 39.3 Å². The van der Waals surface area contributed by atoms with Crippen LogP contribution in [0.1, 0.15) is 0 Å². The van der Waals surface area contributed by atoms with E-state index in [2.05, 4.69) is 0 Å². The van der Waals surface area contributed by atoms with Gasteiger partial charge in [-0.25, -0.2) is 0 Å². The Kier molecular flexibility index (Phi) is 12.4. The van der Waals surface area contributed by atoms with Crippen molar-refractivity contribution >= 4 is 23.9 Å². The lowest BCUT2D eigenvalue weighted by Gasteiger charge is -2.23. The molecule has 0 aliphatic rings. The lowest BCUT2D eigenvalue weighted by atomic mass is 10.4. The smallest absolute Gasteiger partial charge is 0.317 e. The summed E-state index contributed by atoms with van der Waals surface area (Å²) in [5, 5.41) is 34.5. The Hall–Kier alpha value is -2.34. The molecule has 0 bridgehead atoms. The number of hydrogen-bond donors (Lipinski definition) is 4. The molecule has 0 aromatic rings. The van der Waals surface area contributed by atoms with E-state index in [0.29, 0.717) is 0 Å². The van der Waals surface area contributed by atoms with E-state index in [9.17, 15) is 19.2 Å². The topological polar surface area (TPSA) is 156 Å². The molecule has 0 amide bonds. The van der Waals surface area contributed by atoms with Gasteiger partial charge in [0.15, 0.2) is 0 Å². The van der Waals surface area contributed by atoms with Gasteiger partial charge in [-0.15, -0.1) is 0 Å². The molecular formula is C10H16F2N2O8. The summed E-state index contributed by atoms with van der Waals surface area (Å²) in [6.45, 7) is -2.25. The summed E-state index contributed by atoms with van der Waals surface area (Å²) < 4.78 is 16.0. The highest BCUT2D eigenvalue weighted by atomic mass is 20.0. The molecule has 0 aliphatic heterocycles. The monoisotopic (exact) mass is 330 g/mol. The van der Waals surface area contributed by atoms with Gasteiger partial charge in [-0.1, -0.05) is 0 Å². The molecule has 10 nitrogen and oxygen atoms in total.